The third-order valence-electron chi connectivity index (χ3n) is 6.61. The Labute approximate surface area is 208 Å². The first-order chi connectivity index (χ1) is 16.8. The maximum atomic E-state index is 13.6. The Morgan fingerprint density at radius 2 is 2.03 bits per heavy atom. The van der Waals surface area contributed by atoms with Gasteiger partial charge in [0.2, 0.25) is 11.7 Å². The van der Waals surface area contributed by atoms with E-state index in [1.54, 1.807) is 13.2 Å². The van der Waals surface area contributed by atoms with Crippen molar-refractivity contribution in [2.45, 2.75) is 46.7 Å². The van der Waals surface area contributed by atoms with Gasteiger partial charge in [-0.25, -0.2) is 0 Å². The fourth-order valence-electron chi connectivity index (χ4n) is 5.00. The Morgan fingerprint density at radius 1 is 1.23 bits per heavy atom. The van der Waals surface area contributed by atoms with E-state index in [2.05, 4.69) is 37.8 Å². The van der Waals surface area contributed by atoms with Gasteiger partial charge in [-0.15, -0.1) is 0 Å². The predicted octanol–water partition coefficient (Wildman–Crippen LogP) is 4.38. The number of phenolic OH excluding ortho intramolecular Hbond substituents is 1. The number of hydrogen-bond acceptors (Lipinski definition) is 6. The number of carbonyl (C=O) groups is 1. The van der Waals surface area contributed by atoms with E-state index in [-0.39, 0.29) is 17.6 Å². The van der Waals surface area contributed by atoms with Crippen LogP contribution in [0.15, 0.2) is 30.3 Å². The molecule has 2 aromatic rings. The van der Waals surface area contributed by atoms with E-state index in [0.29, 0.717) is 43.7 Å². The smallest absolute Gasteiger partial charge is 0.227 e. The van der Waals surface area contributed by atoms with Crippen molar-refractivity contribution in [1.29, 1.82) is 0 Å². The lowest BCUT2D eigenvalue weighted by molar-refractivity contribution is -0.136. The summed E-state index contributed by atoms with van der Waals surface area (Å²) in [5.41, 5.74) is 3.21. The van der Waals surface area contributed by atoms with Gasteiger partial charge < -0.3 is 24.2 Å². The van der Waals surface area contributed by atoms with Gasteiger partial charge in [0.15, 0.2) is 11.5 Å². The molecule has 2 aliphatic heterocycles. The zero-order chi connectivity index (χ0) is 24.9. The highest BCUT2D eigenvalue weighted by Gasteiger charge is 2.32. The highest BCUT2D eigenvalue weighted by atomic mass is 16.5. The molecule has 0 aromatic heterocycles. The summed E-state index contributed by atoms with van der Waals surface area (Å²) in [5.74, 6) is 2.36. The fraction of sp³-hybridized carbons (Fsp3) is 0.536. The molecule has 1 amide bonds. The van der Waals surface area contributed by atoms with E-state index in [1.165, 1.54) is 5.56 Å². The van der Waals surface area contributed by atoms with Crippen molar-refractivity contribution in [2.24, 2.45) is 11.8 Å². The van der Waals surface area contributed by atoms with Gasteiger partial charge >= 0.3 is 0 Å². The number of likely N-dealkylation sites (tertiary alicyclic amines) is 1. The van der Waals surface area contributed by atoms with Crippen LogP contribution in [0, 0.1) is 18.8 Å². The summed E-state index contributed by atoms with van der Waals surface area (Å²) in [4.78, 5) is 17.9. The Bertz CT molecular complexity index is 1040. The molecule has 0 aliphatic carbocycles. The minimum Gasteiger partial charge on any atom is -0.504 e. The molecule has 1 saturated heterocycles. The summed E-state index contributed by atoms with van der Waals surface area (Å²) < 4.78 is 17.0. The molecule has 0 bridgehead atoms. The van der Waals surface area contributed by atoms with E-state index in [0.717, 1.165) is 49.4 Å². The van der Waals surface area contributed by atoms with Crippen molar-refractivity contribution in [2.75, 3.05) is 40.0 Å². The van der Waals surface area contributed by atoms with Gasteiger partial charge in [-0.05, 0) is 49.6 Å². The van der Waals surface area contributed by atoms with Crippen molar-refractivity contribution >= 4 is 5.91 Å². The van der Waals surface area contributed by atoms with Gasteiger partial charge in [0.25, 0.3) is 0 Å². The number of phenols is 1. The molecule has 1 fully saturated rings. The second kappa shape index (κ2) is 11.2. The van der Waals surface area contributed by atoms with Crippen molar-refractivity contribution < 1.29 is 24.1 Å². The number of nitrogens with zero attached hydrogens (tertiary/aromatic N) is 2. The monoisotopic (exact) mass is 482 g/mol. The lowest BCUT2D eigenvalue weighted by atomic mass is 10.0. The van der Waals surface area contributed by atoms with Crippen molar-refractivity contribution in [1.82, 2.24) is 9.80 Å². The van der Waals surface area contributed by atoms with Crippen LogP contribution in [0.3, 0.4) is 0 Å². The number of hydrogen-bond donors (Lipinski definition) is 1. The molecular formula is C28H38N2O5. The summed E-state index contributed by atoms with van der Waals surface area (Å²) >= 11 is 0. The van der Waals surface area contributed by atoms with Gasteiger partial charge in [-0.3, -0.25) is 9.69 Å². The van der Waals surface area contributed by atoms with Gasteiger partial charge in [-0.2, -0.15) is 0 Å². The van der Waals surface area contributed by atoms with Crippen LogP contribution in [-0.4, -0.2) is 60.8 Å². The topological polar surface area (TPSA) is 71.5 Å². The maximum Gasteiger partial charge on any atom is 0.227 e. The third kappa shape index (κ3) is 6.20. The average molecular weight is 483 g/mol. The number of rotatable bonds is 8. The number of amides is 1. The van der Waals surface area contributed by atoms with Gasteiger partial charge in [0.05, 0.1) is 26.2 Å². The SMILES string of the molecule is COc1ccc(C)cc1CN1CC[C@@H](C(=O)N(Cc2cc(O)c3c(c2)OCCCO3)CC(C)C)C1. The van der Waals surface area contributed by atoms with Crippen LogP contribution in [0.5, 0.6) is 23.0 Å². The van der Waals surface area contributed by atoms with Gasteiger partial charge in [-0.1, -0.05) is 31.5 Å². The summed E-state index contributed by atoms with van der Waals surface area (Å²) in [6, 6.07) is 9.82. The molecule has 1 N–H and O–H groups in total. The average Bonchev–Trinajstić information content (AvgIpc) is 3.14. The summed E-state index contributed by atoms with van der Waals surface area (Å²) in [7, 11) is 1.70. The molecule has 0 saturated carbocycles. The van der Waals surface area contributed by atoms with Crippen LogP contribution in [0.4, 0.5) is 0 Å². The predicted molar refractivity (Wildman–Crippen MR) is 135 cm³/mol. The van der Waals surface area contributed by atoms with Crippen LogP contribution in [0.25, 0.3) is 0 Å². The molecule has 2 heterocycles. The van der Waals surface area contributed by atoms with Crippen LogP contribution < -0.4 is 14.2 Å². The molecule has 2 aromatic carbocycles. The Kier molecular flexibility index (Phi) is 8.06. The number of fused-ring (bicyclic) bond motifs is 1. The second-order valence-corrected chi connectivity index (χ2v) is 10.1. The van der Waals surface area contributed by atoms with Crippen LogP contribution in [-0.2, 0) is 17.9 Å². The molecule has 190 valence electrons. The molecule has 0 unspecified atom stereocenters. The molecular weight excluding hydrogens is 444 g/mol. The van der Waals surface area contributed by atoms with Crippen LogP contribution in [0.2, 0.25) is 0 Å². The molecule has 0 spiro atoms. The largest absolute Gasteiger partial charge is 0.504 e. The molecule has 1 atom stereocenters. The van der Waals surface area contributed by atoms with Crippen molar-refractivity contribution in [3.63, 3.8) is 0 Å². The summed E-state index contributed by atoms with van der Waals surface area (Å²) in [6.07, 6.45) is 1.61. The first kappa shape index (κ1) is 25.2. The van der Waals surface area contributed by atoms with Gasteiger partial charge in [0.1, 0.15) is 5.75 Å². The van der Waals surface area contributed by atoms with E-state index in [1.807, 2.05) is 17.0 Å². The Hall–Kier alpha value is -2.93. The zero-order valence-corrected chi connectivity index (χ0v) is 21.4. The fourth-order valence-corrected chi connectivity index (χ4v) is 5.00. The molecule has 0 radical (unpaired) electrons. The normalized spacial score (nSPS) is 17.9. The lowest BCUT2D eigenvalue weighted by Crippen LogP contribution is -2.39. The Balaban J connectivity index is 1.46. The van der Waals surface area contributed by atoms with Crippen molar-refractivity contribution in [3.8, 4) is 23.0 Å². The second-order valence-electron chi connectivity index (χ2n) is 10.1. The minimum absolute atomic E-state index is 0.0430. The van der Waals surface area contributed by atoms with E-state index in [9.17, 15) is 9.90 Å². The number of ether oxygens (including phenoxy) is 3. The van der Waals surface area contributed by atoms with E-state index < -0.39 is 0 Å². The van der Waals surface area contributed by atoms with Crippen molar-refractivity contribution in [3.05, 3.63) is 47.0 Å². The molecule has 4 rings (SSSR count). The highest BCUT2D eigenvalue weighted by Crippen LogP contribution is 2.39. The standard InChI is InChI=1S/C28H38N2O5/c1-19(2)15-30(16-21-13-24(31)27-26(14-21)34-10-5-11-35-27)28(32)22-8-9-29(17-22)18-23-12-20(3)6-7-25(23)33-4/h6-7,12-14,19,22,31H,5,8-11,15-18H2,1-4H3/t22-/m1/s1. The first-order valence-corrected chi connectivity index (χ1v) is 12.6. The Morgan fingerprint density at radius 3 is 2.80 bits per heavy atom. The zero-order valence-electron chi connectivity index (χ0n) is 21.4. The molecule has 7 nitrogen and oxygen atoms in total. The molecule has 7 heteroatoms. The lowest BCUT2D eigenvalue weighted by Gasteiger charge is -2.28. The molecule has 2 aliphatic rings. The van der Waals surface area contributed by atoms with Gasteiger partial charge in [0, 0.05) is 38.2 Å². The van der Waals surface area contributed by atoms with Crippen LogP contribution in [0.1, 0.15) is 43.4 Å². The molecule has 35 heavy (non-hydrogen) atoms. The third-order valence-corrected chi connectivity index (χ3v) is 6.61. The number of carbonyl (C=O) groups excluding carboxylic acids is 1. The number of benzene rings is 2. The van der Waals surface area contributed by atoms with E-state index in [4.69, 9.17) is 14.2 Å². The number of aromatic hydroxyl groups is 1. The van der Waals surface area contributed by atoms with Crippen LogP contribution >= 0.6 is 0 Å². The summed E-state index contributed by atoms with van der Waals surface area (Å²) in [5, 5.41) is 10.5. The quantitative estimate of drug-likeness (QED) is 0.602. The maximum absolute atomic E-state index is 13.6. The number of methoxy groups -OCH3 is 1. The number of aryl methyl sites for hydroxylation is 1. The van der Waals surface area contributed by atoms with E-state index >= 15 is 0 Å². The first-order valence-electron chi connectivity index (χ1n) is 12.6. The summed E-state index contributed by atoms with van der Waals surface area (Å²) in [6.45, 7) is 10.9. The minimum atomic E-state index is -0.0430. The highest BCUT2D eigenvalue weighted by molar-refractivity contribution is 5.79.